The van der Waals surface area contributed by atoms with E-state index >= 15 is 0 Å². The zero-order chi connectivity index (χ0) is 17.5. The van der Waals surface area contributed by atoms with Crippen LogP contribution in [0.2, 0.25) is 0 Å². The minimum absolute atomic E-state index is 0.150. The van der Waals surface area contributed by atoms with E-state index in [2.05, 4.69) is 29.6 Å². The Morgan fingerprint density at radius 3 is 2.24 bits per heavy atom. The van der Waals surface area contributed by atoms with Crippen LogP contribution in [0.3, 0.4) is 0 Å². The van der Waals surface area contributed by atoms with E-state index in [1.807, 2.05) is 31.2 Å². The summed E-state index contributed by atoms with van der Waals surface area (Å²) in [5, 5.41) is 3.11. The minimum Gasteiger partial charge on any atom is -0.492 e. The number of para-hydroxylation sites is 2. The second kappa shape index (κ2) is 8.89. The monoisotopic (exact) mass is 339 g/mol. The topological polar surface area (TPSA) is 38.3 Å². The molecule has 3 nitrogen and oxygen atoms in total. The van der Waals surface area contributed by atoms with Crippen LogP contribution in [-0.2, 0) is 4.79 Å². The number of fused-ring (bicyclic) bond motifs is 1. The summed E-state index contributed by atoms with van der Waals surface area (Å²) in [4.78, 5) is 12.8. The number of ether oxygens (including phenoxy) is 1. The van der Waals surface area contributed by atoms with Crippen LogP contribution in [0.15, 0.2) is 48.6 Å². The number of nitrogens with one attached hydrogen (secondary N) is 1. The number of rotatable bonds is 4. The summed E-state index contributed by atoms with van der Waals surface area (Å²) in [6, 6.07) is 7.70. The molecule has 0 aliphatic heterocycles. The van der Waals surface area contributed by atoms with Crippen LogP contribution in [0, 0.1) is 17.8 Å². The largest absolute Gasteiger partial charge is 0.492 e. The second-order valence-corrected chi connectivity index (χ2v) is 6.95. The molecular formula is C22H29NO2. The number of carbonyl (C=O) groups excluding carboxylic acids is 1. The third-order valence-electron chi connectivity index (χ3n) is 5.25. The molecule has 1 aromatic rings. The fraction of sp³-hybridized carbons (Fsp3) is 0.500. The molecule has 1 saturated carbocycles. The van der Waals surface area contributed by atoms with Gasteiger partial charge in [0.05, 0.1) is 12.3 Å². The fourth-order valence-electron chi connectivity index (χ4n) is 3.93. The Balaban J connectivity index is 1.64. The Kier molecular flexibility index (Phi) is 6.32. The van der Waals surface area contributed by atoms with Gasteiger partial charge in [0.1, 0.15) is 5.75 Å². The van der Waals surface area contributed by atoms with E-state index in [-0.39, 0.29) is 11.8 Å². The summed E-state index contributed by atoms with van der Waals surface area (Å²) in [5.41, 5.74) is 0.788. The van der Waals surface area contributed by atoms with Crippen molar-refractivity contribution in [2.45, 2.75) is 45.4 Å². The van der Waals surface area contributed by atoms with Crippen molar-refractivity contribution in [3.8, 4) is 5.75 Å². The average Bonchev–Trinajstić information content (AvgIpc) is 3.29. The van der Waals surface area contributed by atoms with Crippen molar-refractivity contribution in [3.05, 3.63) is 48.6 Å². The molecule has 0 heterocycles. The number of amides is 1. The first-order valence-corrected chi connectivity index (χ1v) is 9.64. The zero-order valence-corrected chi connectivity index (χ0v) is 15.1. The van der Waals surface area contributed by atoms with Crippen LogP contribution in [0.25, 0.3) is 0 Å². The van der Waals surface area contributed by atoms with E-state index in [0.717, 1.165) is 50.0 Å². The zero-order valence-electron chi connectivity index (χ0n) is 15.1. The molecule has 1 aromatic carbocycles. The maximum atomic E-state index is 12.8. The van der Waals surface area contributed by atoms with Crippen LogP contribution >= 0.6 is 0 Å². The molecule has 3 rings (SSSR count). The number of hydrogen-bond acceptors (Lipinski definition) is 2. The first-order valence-electron chi connectivity index (χ1n) is 9.64. The Labute approximate surface area is 151 Å². The molecule has 3 heteroatoms. The van der Waals surface area contributed by atoms with Crippen molar-refractivity contribution >= 4 is 11.6 Å². The molecule has 2 aliphatic rings. The van der Waals surface area contributed by atoms with Gasteiger partial charge in [0.2, 0.25) is 5.91 Å². The molecule has 134 valence electrons. The SMILES string of the molecule is CCOc1ccccc1NC(=O)C1[C@H]2CC/C=C/CC/C=C/CC[C@@H]12. The summed E-state index contributed by atoms with van der Waals surface area (Å²) in [6.45, 7) is 2.55. The van der Waals surface area contributed by atoms with Crippen molar-refractivity contribution in [2.75, 3.05) is 11.9 Å². The summed E-state index contributed by atoms with van der Waals surface area (Å²) < 4.78 is 5.62. The molecule has 1 N–H and O–H groups in total. The van der Waals surface area contributed by atoms with Gasteiger partial charge in [-0.15, -0.1) is 0 Å². The smallest absolute Gasteiger partial charge is 0.228 e. The predicted octanol–water partition coefficient (Wildman–Crippen LogP) is 5.35. The van der Waals surface area contributed by atoms with Crippen molar-refractivity contribution in [1.82, 2.24) is 0 Å². The highest BCUT2D eigenvalue weighted by molar-refractivity contribution is 5.96. The summed E-state index contributed by atoms with van der Waals surface area (Å²) in [6.07, 6.45) is 15.8. The molecule has 2 aliphatic carbocycles. The van der Waals surface area contributed by atoms with Gasteiger partial charge in [0, 0.05) is 5.92 Å². The Bertz CT molecular complexity index is 611. The Morgan fingerprint density at radius 2 is 1.60 bits per heavy atom. The molecule has 1 amide bonds. The highest BCUT2D eigenvalue weighted by atomic mass is 16.5. The lowest BCUT2D eigenvalue weighted by Gasteiger charge is -2.11. The van der Waals surface area contributed by atoms with Gasteiger partial charge < -0.3 is 10.1 Å². The van der Waals surface area contributed by atoms with E-state index in [4.69, 9.17) is 4.74 Å². The van der Waals surface area contributed by atoms with Crippen LogP contribution in [0.1, 0.15) is 45.4 Å². The van der Waals surface area contributed by atoms with E-state index in [0.29, 0.717) is 18.4 Å². The van der Waals surface area contributed by atoms with Crippen molar-refractivity contribution in [1.29, 1.82) is 0 Å². The van der Waals surface area contributed by atoms with Gasteiger partial charge in [-0.05, 0) is 69.4 Å². The van der Waals surface area contributed by atoms with Crippen LogP contribution in [0.5, 0.6) is 5.75 Å². The quantitative estimate of drug-likeness (QED) is 0.751. The van der Waals surface area contributed by atoms with Gasteiger partial charge in [-0.25, -0.2) is 0 Å². The predicted molar refractivity (Wildman–Crippen MR) is 103 cm³/mol. The molecule has 0 radical (unpaired) electrons. The van der Waals surface area contributed by atoms with Crippen molar-refractivity contribution in [2.24, 2.45) is 17.8 Å². The molecule has 0 spiro atoms. The highest BCUT2D eigenvalue weighted by Crippen LogP contribution is 2.52. The van der Waals surface area contributed by atoms with Crippen LogP contribution < -0.4 is 10.1 Å². The molecule has 0 aromatic heterocycles. The van der Waals surface area contributed by atoms with Gasteiger partial charge in [-0.2, -0.15) is 0 Å². The Hall–Kier alpha value is -2.03. The van der Waals surface area contributed by atoms with E-state index < -0.39 is 0 Å². The lowest BCUT2D eigenvalue weighted by atomic mass is 10.1. The summed E-state index contributed by atoms with van der Waals surface area (Å²) in [7, 11) is 0. The summed E-state index contributed by atoms with van der Waals surface area (Å²) in [5.74, 6) is 2.11. The molecule has 0 bridgehead atoms. The first-order chi connectivity index (χ1) is 12.3. The van der Waals surface area contributed by atoms with Gasteiger partial charge in [0.25, 0.3) is 0 Å². The van der Waals surface area contributed by atoms with Crippen LogP contribution in [0.4, 0.5) is 5.69 Å². The normalized spacial score (nSPS) is 28.6. The number of allylic oxidation sites excluding steroid dienone is 4. The third-order valence-corrected chi connectivity index (χ3v) is 5.25. The lowest BCUT2D eigenvalue weighted by Crippen LogP contribution is -2.16. The highest BCUT2D eigenvalue weighted by Gasteiger charge is 2.52. The second-order valence-electron chi connectivity index (χ2n) is 6.95. The average molecular weight is 339 g/mol. The number of anilines is 1. The maximum absolute atomic E-state index is 12.8. The van der Waals surface area contributed by atoms with Gasteiger partial charge in [0.15, 0.2) is 0 Å². The maximum Gasteiger partial charge on any atom is 0.228 e. The first kappa shape index (κ1) is 17.8. The Morgan fingerprint density at radius 1 is 1.00 bits per heavy atom. The van der Waals surface area contributed by atoms with Gasteiger partial charge >= 0.3 is 0 Å². The van der Waals surface area contributed by atoms with Gasteiger partial charge in [-0.1, -0.05) is 36.4 Å². The molecule has 1 fully saturated rings. The summed E-state index contributed by atoms with van der Waals surface area (Å²) >= 11 is 0. The molecule has 3 atom stereocenters. The minimum atomic E-state index is 0.150. The third kappa shape index (κ3) is 4.75. The number of hydrogen-bond donors (Lipinski definition) is 1. The standard InChI is InChI=1S/C22H29NO2/c1-2-25-20-16-12-11-15-19(20)23-22(24)21-17-13-9-7-5-3-4-6-8-10-14-18(17)21/h5-8,11-12,15-18,21H,2-4,9-10,13-14H2,1H3,(H,23,24)/b7-5+,8-6+/t17-,18+,21?. The molecule has 0 saturated heterocycles. The molecule has 25 heavy (non-hydrogen) atoms. The fourth-order valence-corrected chi connectivity index (χ4v) is 3.93. The van der Waals surface area contributed by atoms with E-state index in [1.54, 1.807) is 0 Å². The number of benzene rings is 1. The lowest BCUT2D eigenvalue weighted by molar-refractivity contribution is -0.117. The van der Waals surface area contributed by atoms with Crippen LogP contribution in [-0.4, -0.2) is 12.5 Å². The van der Waals surface area contributed by atoms with Crippen molar-refractivity contribution < 1.29 is 9.53 Å². The van der Waals surface area contributed by atoms with E-state index in [9.17, 15) is 4.79 Å². The van der Waals surface area contributed by atoms with Gasteiger partial charge in [-0.3, -0.25) is 4.79 Å². The molecular weight excluding hydrogens is 310 g/mol. The molecule has 1 unspecified atom stereocenters. The number of carbonyl (C=O) groups is 1. The van der Waals surface area contributed by atoms with E-state index in [1.165, 1.54) is 0 Å². The van der Waals surface area contributed by atoms with Crippen molar-refractivity contribution in [3.63, 3.8) is 0 Å².